The van der Waals surface area contributed by atoms with Crippen LogP contribution in [0, 0.1) is 0 Å². The van der Waals surface area contributed by atoms with Crippen LogP contribution in [0.1, 0.15) is 10.4 Å². The Bertz CT molecular complexity index is 1360. The molecule has 0 unspecified atom stereocenters. The highest BCUT2D eigenvalue weighted by atomic mass is 16.5. The van der Waals surface area contributed by atoms with Crippen molar-refractivity contribution in [3.63, 3.8) is 0 Å². The first-order valence-corrected chi connectivity index (χ1v) is 9.55. The second kappa shape index (κ2) is 8.65. The molecule has 1 heterocycles. The molecular formula is C24H17NO7. The van der Waals surface area contributed by atoms with Gasteiger partial charge in [-0.15, -0.1) is 0 Å². The number of fused-ring (bicyclic) bond motifs is 1. The van der Waals surface area contributed by atoms with Crippen LogP contribution in [0.4, 0.5) is 0 Å². The van der Waals surface area contributed by atoms with E-state index >= 15 is 0 Å². The number of nitrogens with one attached hydrogen (secondary N) is 1. The number of carboxylic acids is 1. The zero-order valence-corrected chi connectivity index (χ0v) is 16.6. The van der Waals surface area contributed by atoms with Crippen molar-refractivity contribution in [3.05, 3.63) is 88.8 Å². The number of aliphatic carboxylic acids is 1. The molecule has 3 N–H and O–H groups in total. The number of rotatable bonds is 6. The molecule has 160 valence electrons. The SMILES string of the molecule is O=C(O)CNC(=O)c1c(O)c2cc(-c3ccc(Oc4ccccc4)cc3)ccc2oc1=O. The van der Waals surface area contributed by atoms with Crippen LogP contribution in [-0.4, -0.2) is 28.6 Å². The molecule has 0 aliphatic rings. The number of hydrogen-bond donors (Lipinski definition) is 3. The van der Waals surface area contributed by atoms with Crippen molar-refractivity contribution in [2.45, 2.75) is 0 Å². The van der Waals surface area contributed by atoms with Crippen LogP contribution in [-0.2, 0) is 4.79 Å². The van der Waals surface area contributed by atoms with E-state index in [0.717, 1.165) is 5.56 Å². The van der Waals surface area contributed by atoms with Crippen molar-refractivity contribution >= 4 is 22.8 Å². The van der Waals surface area contributed by atoms with Crippen molar-refractivity contribution in [1.29, 1.82) is 0 Å². The summed E-state index contributed by atoms with van der Waals surface area (Å²) in [5.41, 5.74) is -0.120. The highest BCUT2D eigenvalue weighted by Gasteiger charge is 2.21. The van der Waals surface area contributed by atoms with E-state index in [0.29, 0.717) is 17.1 Å². The van der Waals surface area contributed by atoms with Crippen molar-refractivity contribution in [2.24, 2.45) is 0 Å². The minimum atomic E-state index is -1.29. The molecule has 0 saturated heterocycles. The van der Waals surface area contributed by atoms with Gasteiger partial charge in [0.15, 0.2) is 5.56 Å². The summed E-state index contributed by atoms with van der Waals surface area (Å²) in [6.07, 6.45) is 0. The number of ether oxygens (including phenoxy) is 1. The maximum atomic E-state index is 12.2. The van der Waals surface area contributed by atoms with E-state index < -0.39 is 35.4 Å². The van der Waals surface area contributed by atoms with Crippen LogP contribution in [0.5, 0.6) is 17.2 Å². The third kappa shape index (κ3) is 4.29. The van der Waals surface area contributed by atoms with Crippen LogP contribution in [0.25, 0.3) is 22.1 Å². The molecule has 0 fully saturated rings. The molecule has 0 atom stereocenters. The highest BCUT2D eigenvalue weighted by Crippen LogP contribution is 2.32. The zero-order chi connectivity index (χ0) is 22.7. The first-order valence-electron chi connectivity index (χ1n) is 9.55. The van der Waals surface area contributed by atoms with Crippen molar-refractivity contribution in [1.82, 2.24) is 5.32 Å². The summed E-state index contributed by atoms with van der Waals surface area (Å²) >= 11 is 0. The summed E-state index contributed by atoms with van der Waals surface area (Å²) in [5, 5.41) is 21.4. The Kier molecular flexibility index (Phi) is 5.59. The Balaban J connectivity index is 1.66. The van der Waals surface area contributed by atoms with Gasteiger partial charge in [0.05, 0.1) is 5.39 Å². The fourth-order valence-corrected chi connectivity index (χ4v) is 3.15. The first kappa shape index (κ1) is 20.7. The van der Waals surface area contributed by atoms with Gasteiger partial charge in [0.2, 0.25) is 0 Å². The van der Waals surface area contributed by atoms with Crippen LogP contribution < -0.4 is 15.7 Å². The number of hydrogen-bond acceptors (Lipinski definition) is 6. The summed E-state index contributed by atoms with van der Waals surface area (Å²) < 4.78 is 10.9. The lowest BCUT2D eigenvalue weighted by molar-refractivity contribution is -0.135. The normalized spacial score (nSPS) is 10.6. The standard InChI is InChI=1S/C24H17NO7/c26-20(27)13-25-23(29)21-22(28)18-12-15(8-11-19(18)32-24(21)30)14-6-9-17(10-7-14)31-16-4-2-1-3-5-16/h1-12,28H,13H2,(H,25,29)(H,26,27). The average Bonchev–Trinajstić information content (AvgIpc) is 2.79. The van der Waals surface area contributed by atoms with Gasteiger partial charge >= 0.3 is 11.6 Å². The van der Waals surface area contributed by atoms with Crippen molar-refractivity contribution in [2.75, 3.05) is 6.54 Å². The minimum Gasteiger partial charge on any atom is -0.506 e. The Morgan fingerprint density at radius 2 is 1.56 bits per heavy atom. The summed E-state index contributed by atoms with van der Waals surface area (Å²) in [4.78, 5) is 35.0. The summed E-state index contributed by atoms with van der Waals surface area (Å²) in [5.74, 6) is -1.55. The lowest BCUT2D eigenvalue weighted by atomic mass is 10.0. The van der Waals surface area contributed by atoms with Gasteiger partial charge in [-0.05, 0) is 47.5 Å². The molecular weight excluding hydrogens is 414 g/mol. The molecule has 8 heteroatoms. The molecule has 4 aromatic rings. The molecule has 0 aliphatic carbocycles. The molecule has 0 bridgehead atoms. The molecule has 3 aromatic carbocycles. The average molecular weight is 431 g/mol. The molecule has 8 nitrogen and oxygen atoms in total. The van der Waals surface area contributed by atoms with E-state index in [1.165, 1.54) is 6.07 Å². The fraction of sp³-hybridized carbons (Fsp3) is 0.0417. The Morgan fingerprint density at radius 3 is 2.25 bits per heavy atom. The largest absolute Gasteiger partial charge is 0.506 e. The molecule has 1 amide bonds. The maximum Gasteiger partial charge on any atom is 0.353 e. The third-order valence-corrected chi connectivity index (χ3v) is 4.67. The van der Waals surface area contributed by atoms with E-state index in [1.54, 1.807) is 24.3 Å². The second-order valence-corrected chi connectivity index (χ2v) is 6.84. The van der Waals surface area contributed by atoms with Gasteiger partial charge in [0.25, 0.3) is 5.91 Å². The van der Waals surface area contributed by atoms with Crippen molar-refractivity contribution < 1.29 is 29.0 Å². The zero-order valence-electron chi connectivity index (χ0n) is 16.6. The van der Waals surface area contributed by atoms with Crippen LogP contribution in [0.15, 0.2) is 82.0 Å². The van der Waals surface area contributed by atoms with E-state index in [1.807, 2.05) is 47.8 Å². The minimum absolute atomic E-state index is 0.0927. The number of aromatic hydroxyl groups is 1. The smallest absolute Gasteiger partial charge is 0.353 e. The summed E-state index contributed by atoms with van der Waals surface area (Å²) in [6.45, 7) is -0.701. The number of carbonyl (C=O) groups is 2. The van der Waals surface area contributed by atoms with Crippen LogP contribution in [0.3, 0.4) is 0 Å². The summed E-state index contributed by atoms with van der Waals surface area (Å²) in [7, 11) is 0. The number of benzene rings is 3. The summed E-state index contributed by atoms with van der Waals surface area (Å²) in [6, 6.07) is 21.4. The fourth-order valence-electron chi connectivity index (χ4n) is 3.15. The molecule has 32 heavy (non-hydrogen) atoms. The van der Waals surface area contributed by atoms with Crippen molar-refractivity contribution in [3.8, 4) is 28.4 Å². The van der Waals surface area contributed by atoms with E-state index in [4.69, 9.17) is 14.3 Å². The number of amides is 1. The molecule has 0 saturated carbocycles. The number of carboxylic acid groups (broad SMARTS) is 1. The Labute approximate surface area is 181 Å². The Hall–Kier alpha value is -4.59. The van der Waals surface area contributed by atoms with Gasteiger partial charge in [-0.2, -0.15) is 0 Å². The molecule has 0 radical (unpaired) electrons. The van der Waals surface area contributed by atoms with Gasteiger partial charge in [-0.1, -0.05) is 36.4 Å². The topological polar surface area (TPSA) is 126 Å². The lowest BCUT2D eigenvalue weighted by Gasteiger charge is -2.09. The third-order valence-electron chi connectivity index (χ3n) is 4.67. The van der Waals surface area contributed by atoms with Gasteiger partial charge in [0.1, 0.15) is 29.4 Å². The van der Waals surface area contributed by atoms with Crippen LogP contribution >= 0.6 is 0 Å². The first-order chi connectivity index (χ1) is 15.4. The van der Waals surface area contributed by atoms with E-state index in [-0.39, 0.29) is 11.0 Å². The molecule has 4 rings (SSSR count). The quantitative estimate of drug-likeness (QED) is 0.397. The van der Waals surface area contributed by atoms with E-state index in [9.17, 15) is 19.5 Å². The predicted molar refractivity (Wildman–Crippen MR) is 116 cm³/mol. The second-order valence-electron chi connectivity index (χ2n) is 6.84. The molecule has 0 aliphatic heterocycles. The predicted octanol–water partition coefficient (Wildman–Crippen LogP) is 3.77. The van der Waals surface area contributed by atoms with Gasteiger partial charge in [0, 0.05) is 0 Å². The van der Waals surface area contributed by atoms with Crippen LogP contribution in [0.2, 0.25) is 0 Å². The maximum absolute atomic E-state index is 12.2. The van der Waals surface area contributed by atoms with Gasteiger partial charge in [-0.3, -0.25) is 9.59 Å². The van der Waals surface area contributed by atoms with Gasteiger partial charge in [-0.25, -0.2) is 4.79 Å². The highest BCUT2D eigenvalue weighted by molar-refractivity contribution is 6.02. The van der Waals surface area contributed by atoms with Gasteiger partial charge < -0.3 is 24.7 Å². The molecule has 0 spiro atoms. The monoisotopic (exact) mass is 431 g/mol. The molecule has 1 aromatic heterocycles. The Morgan fingerprint density at radius 1 is 0.906 bits per heavy atom. The number of para-hydroxylation sites is 1. The van der Waals surface area contributed by atoms with E-state index in [2.05, 4.69) is 0 Å². The number of carbonyl (C=O) groups excluding carboxylic acids is 1. The lowest BCUT2D eigenvalue weighted by Crippen LogP contribution is -2.32.